The molecule has 7 atom stereocenters. The van der Waals surface area contributed by atoms with Gasteiger partial charge < -0.3 is 15.1 Å². The van der Waals surface area contributed by atoms with Crippen molar-refractivity contribution in [2.75, 3.05) is 0 Å². The SMILES string of the molecule is CC(C)(C)C(=O)NC1(P(=O)(O)O)CC[C@]2(C)C3CC[C@]4(C)CCCC4C3CC[C@H]2C1. The number of fused-ring (bicyclic) bond motifs is 5. The van der Waals surface area contributed by atoms with E-state index in [1.165, 1.54) is 38.5 Å². The van der Waals surface area contributed by atoms with Gasteiger partial charge in [0.25, 0.3) is 0 Å². The molecule has 3 N–H and O–H groups in total. The maximum absolute atomic E-state index is 12.8. The molecule has 6 heteroatoms. The molecule has 0 aromatic rings. The predicted molar refractivity (Wildman–Crippen MR) is 119 cm³/mol. The summed E-state index contributed by atoms with van der Waals surface area (Å²) in [6, 6.07) is 0. The van der Waals surface area contributed by atoms with Gasteiger partial charge in [-0.2, -0.15) is 0 Å². The molecule has 0 heterocycles. The van der Waals surface area contributed by atoms with E-state index < -0.39 is 18.3 Å². The minimum absolute atomic E-state index is 0.137. The quantitative estimate of drug-likeness (QED) is 0.499. The van der Waals surface area contributed by atoms with Crippen LogP contribution >= 0.6 is 7.60 Å². The first-order valence-electron chi connectivity index (χ1n) is 12.1. The Balaban J connectivity index is 1.60. The van der Waals surface area contributed by atoms with E-state index in [-0.39, 0.29) is 17.2 Å². The Labute approximate surface area is 182 Å². The first-order chi connectivity index (χ1) is 13.7. The normalized spacial score (nSPS) is 46.5. The van der Waals surface area contributed by atoms with E-state index in [2.05, 4.69) is 19.2 Å². The van der Waals surface area contributed by atoms with Crippen LogP contribution in [0.25, 0.3) is 0 Å². The second-order valence-electron chi connectivity index (χ2n) is 12.7. The van der Waals surface area contributed by atoms with Crippen LogP contribution in [-0.4, -0.2) is 21.0 Å². The molecule has 0 aliphatic heterocycles. The highest BCUT2D eigenvalue weighted by Crippen LogP contribution is 2.69. The molecule has 172 valence electrons. The molecule has 4 saturated carbocycles. The van der Waals surface area contributed by atoms with Crippen molar-refractivity contribution >= 4 is 13.5 Å². The van der Waals surface area contributed by atoms with Gasteiger partial charge in [0.05, 0.1) is 0 Å². The number of carbonyl (C=O) groups excluding carboxylic acids is 1. The Morgan fingerprint density at radius 1 is 0.967 bits per heavy atom. The maximum atomic E-state index is 12.8. The second-order valence-corrected chi connectivity index (χ2v) is 14.7. The first-order valence-corrected chi connectivity index (χ1v) is 13.7. The molecular formula is C24H42NO4P. The molecule has 4 fully saturated rings. The highest BCUT2D eigenvalue weighted by atomic mass is 31.2. The molecule has 30 heavy (non-hydrogen) atoms. The Bertz CT molecular complexity index is 757. The predicted octanol–water partition coefficient (Wildman–Crippen LogP) is 5.46. The van der Waals surface area contributed by atoms with Crippen LogP contribution in [0.15, 0.2) is 0 Å². The van der Waals surface area contributed by atoms with Crippen molar-refractivity contribution in [3.8, 4) is 0 Å². The Hall–Kier alpha value is -0.380. The van der Waals surface area contributed by atoms with Gasteiger partial charge in [-0.1, -0.05) is 41.0 Å². The van der Waals surface area contributed by atoms with Crippen LogP contribution in [0.3, 0.4) is 0 Å². The molecule has 0 saturated heterocycles. The van der Waals surface area contributed by atoms with Gasteiger partial charge in [0.15, 0.2) is 0 Å². The van der Waals surface area contributed by atoms with Crippen molar-refractivity contribution < 1.29 is 19.1 Å². The van der Waals surface area contributed by atoms with Crippen LogP contribution in [0.5, 0.6) is 0 Å². The lowest BCUT2D eigenvalue weighted by molar-refractivity contribution is -0.134. The first kappa shape index (κ1) is 22.8. The number of hydrogen-bond donors (Lipinski definition) is 3. The standard InChI is InChI=1S/C24H42NO4P/c1-21(2,3)20(26)25-24(30(27,28)29)14-13-23(5)16(15-24)8-9-17-18-7-6-11-22(18,4)12-10-19(17)23/h16-19H,6-15H2,1-5H3,(H,25,26)(H2,27,28,29)/t16-,17?,18?,19?,22-,23-,24?/m0/s1. The molecular weight excluding hydrogens is 397 g/mol. The fraction of sp³-hybridized carbons (Fsp3) is 0.958. The van der Waals surface area contributed by atoms with Gasteiger partial charge in [-0.3, -0.25) is 9.36 Å². The third-order valence-corrected chi connectivity index (χ3v) is 11.7. The molecule has 0 radical (unpaired) electrons. The van der Waals surface area contributed by atoms with E-state index in [0.717, 1.165) is 24.7 Å². The summed E-state index contributed by atoms with van der Waals surface area (Å²) in [5, 5.41) is 1.48. The van der Waals surface area contributed by atoms with Crippen molar-refractivity contribution in [2.24, 2.45) is 39.9 Å². The van der Waals surface area contributed by atoms with Crippen LogP contribution in [0.2, 0.25) is 0 Å². The van der Waals surface area contributed by atoms with Crippen LogP contribution in [-0.2, 0) is 9.36 Å². The summed E-state index contributed by atoms with van der Waals surface area (Å²) in [5.41, 5.74) is -0.00970. The minimum Gasteiger partial charge on any atom is -0.339 e. The fourth-order valence-electron chi connectivity index (χ4n) is 8.09. The third-order valence-electron chi connectivity index (χ3n) is 10.1. The Kier molecular flexibility index (Phi) is 5.36. The minimum atomic E-state index is -4.49. The highest BCUT2D eigenvalue weighted by molar-refractivity contribution is 7.53. The lowest BCUT2D eigenvalue weighted by atomic mass is 9.45. The van der Waals surface area contributed by atoms with Gasteiger partial charge in [0.1, 0.15) is 5.28 Å². The molecule has 4 unspecified atom stereocenters. The Morgan fingerprint density at radius 2 is 1.67 bits per heavy atom. The number of carbonyl (C=O) groups is 1. The van der Waals surface area contributed by atoms with Crippen LogP contribution < -0.4 is 5.32 Å². The summed E-state index contributed by atoms with van der Waals surface area (Å²) in [5.74, 6) is 2.29. The van der Waals surface area contributed by atoms with Gasteiger partial charge in [-0.25, -0.2) is 0 Å². The third kappa shape index (κ3) is 3.42. The maximum Gasteiger partial charge on any atom is 0.350 e. The second kappa shape index (κ2) is 7.06. The van der Waals surface area contributed by atoms with Crippen LogP contribution in [0.1, 0.15) is 98.8 Å². The summed E-state index contributed by atoms with van der Waals surface area (Å²) < 4.78 is 12.7. The van der Waals surface area contributed by atoms with E-state index in [1.807, 2.05) is 0 Å². The molecule has 4 aliphatic rings. The molecule has 1 amide bonds. The van der Waals surface area contributed by atoms with E-state index in [9.17, 15) is 19.1 Å². The average Bonchev–Trinajstić information content (AvgIpc) is 3.02. The van der Waals surface area contributed by atoms with E-state index in [1.54, 1.807) is 20.8 Å². The zero-order chi connectivity index (χ0) is 22.2. The molecule has 4 rings (SSSR count). The van der Waals surface area contributed by atoms with Crippen LogP contribution in [0, 0.1) is 39.9 Å². The number of nitrogens with one attached hydrogen (secondary N) is 1. The molecule has 4 aliphatic carbocycles. The van der Waals surface area contributed by atoms with Crippen LogP contribution in [0.4, 0.5) is 0 Å². The number of amides is 1. The smallest absolute Gasteiger partial charge is 0.339 e. The summed E-state index contributed by atoms with van der Waals surface area (Å²) in [4.78, 5) is 33.5. The molecule has 0 aromatic heterocycles. The fourth-order valence-corrected chi connectivity index (χ4v) is 9.20. The molecule has 0 aromatic carbocycles. The van der Waals surface area contributed by atoms with Crippen molar-refractivity contribution in [3.05, 3.63) is 0 Å². The number of hydrogen-bond acceptors (Lipinski definition) is 2. The summed E-state index contributed by atoms with van der Waals surface area (Å²) in [6.07, 6.45) is 10.5. The molecule has 5 nitrogen and oxygen atoms in total. The van der Waals surface area contributed by atoms with Crippen molar-refractivity contribution in [2.45, 2.75) is 104 Å². The molecule has 0 bridgehead atoms. The average molecular weight is 440 g/mol. The van der Waals surface area contributed by atoms with E-state index >= 15 is 0 Å². The van der Waals surface area contributed by atoms with Crippen molar-refractivity contribution in [1.82, 2.24) is 5.32 Å². The van der Waals surface area contributed by atoms with Crippen molar-refractivity contribution in [1.29, 1.82) is 0 Å². The topological polar surface area (TPSA) is 86.6 Å². The van der Waals surface area contributed by atoms with Crippen molar-refractivity contribution in [3.63, 3.8) is 0 Å². The largest absolute Gasteiger partial charge is 0.350 e. The zero-order valence-corrected chi connectivity index (χ0v) is 20.4. The number of rotatable bonds is 2. The Morgan fingerprint density at radius 3 is 2.30 bits per heavy atom. The summed E-state index contributed by atoms with van der Waals surface area (Å²) >= 11 is 0. The van der Waals surface area contributed by atoms with Gasteiger partial charge >= 0.3 is 7.60 Å². The lowest BCUT2D eigenvalue weighted by Crippen LogP contribution is -2.60. The highest BCUT2D eigenvalue weighted by Gasteiger charge is 2.62. The summed E-state index contributed by atoms with van der Waals surface area (Å²) in [7, 11) is -4.49. The van der Waals surface area contributed by atoms with E-state index in [0.29, 0.717) is 24.2 Å². The van der Waals surface area contributed by atoms with Gasteiger partial charge in [0.2, 0.25) is 5.91 Å². The molecule has 0 spiro atoms. The monoisotopic (exact) mass is 439 g/mol. The van der Waals surface area contributed by atoms with Gasteiger partial charge in [0, 0.05) is 5.41 Å². The summed E-state index contributed by atoms with van der Waals surface area (Å²) in [6.45, 7) is 10.3. The van der Waals surface area contributed by atoms with Gasteiger partial charge in [-0.15, -0.1) is 0 Å². The lowest BCUT2D eigenvalue weighted by Gasteiger charge is -2.62. The van der Waals surface area contributed by atoms with Gasteiger partial charge in [-0.05, 0) is 92.3 Å². The zero-order valence-electron chi connectivity index (χ0n) is 19.5. The van der Waals surface area contributed by atoms with E-state index in [4.69, 9.17) is 0 Å².